The molecule has 19 heavy (non-hydrogen) atoms. The molecule has 1 saturated heterocycles. The molecule has 0 unspecified atom stereocenters. The van der Waals surface area contributed by atoms with Crippen molar-refractivity contribution in [2.75, 3.05) is 6.54 Å². The van der Waals surface area contributed by atoms with Crippen molar-refractivity contribution < 1.29 is 0 Å². The van der Waals surface area contributed by atoms with Gasteiger partial charge >= 0.3 is 0 Å². The Balaban J connectivity index is 1.98. The molecule has 0 aliphatic carbocycles. The third-order valence-electron chi connectivity index (χ3n) is 3.60. The van der Waals surface area contributed by atoms with E-state index in [0.717, 1.165) is 6.54 Å². The van der Waals surface area contributed by atoms with E-state index in [1.165, 1.54) is 41.6 Å². The van der Waals surface area contributed by atoms with Crippen LogP contribution in [0.15, 0.2) is 60.3 Å². The summed E-state index contributed by atoms with van der Waals surface area (Å²) in [5.41, 5.74) is 5.27. The number of piperidine rings is 1. The highest BCUT2D eigenvalue weighted by Gasteiger charge is 2.06. The van der Waals surface area contributed by atoms with Gasteiger partial charge in [0.05, 0.1) is 0 Å². The number of benzene rings is 2. The molecule has 1 fully saturated rings. The summed E-state index contributed by atoms with van der Waals surface area (Å²) in [7, 11) is 0. The maximum atomic E-state index is 3.51. The first-order chi connectivity index (χ1) is 9.43. The van der Waals surface area contributed by atoms with Crippen molar-refractivity contribution in [2.45, 2.75) is 19.3 Å². The maximum Gasteiger partial charge on any atom is 0.0144 e. The van der Waals surface area contributed by atoms with Gasteiger partial charge in [0.25, 0.3) is 0 Å². The third kappa shape index (κ3) is 2.87. The minimum absolute atomic E-state index is 1.11. The van der Waals surface area contributed by atoms with E-state index in [4.69, 9.17) is 0 Å². The van der Waals surface area contributed by atoms with Gasteiger partial charge in [-0.1, -0.05) is 54.6 Å². The molecule has 0 bridgehead atoms. The zero-order valence-corrected chi connectivity index (χ0v) is 11.1. The lowest BCUT2D eigenvalue weighted by molar-refractivity contribution is 0.592. The average molecular weight is 249 g/mol. The minimum atomic E-state index is 1.11. The zero-order valence-electron chi connectivity index (χ0n) is 11.1. The van der Waals surface area contributed by atoms with Gasteiger partial charge in [-0.3, -0.25) is 0 Å². The summed E-state index contributed by atoms with van der Waals surface area (Å²) in [6.45, 7) is 1.11. The highest BCUT2D eigenvalue weighted by molar-refractivity contribution is 5.75. The van der Waals surface area contributed by atoms with Crippen LogP contribution in [0.1, 0.15) is 24.8 Å². The summed E-state index contributed by atoms with van der Waals surface area (Å²) < 4.78 is 0. The minimum Gasteiger partial charge on any atom is -0.388 e. The standard InChI is InChI=1S/C18H19N/c1-2-8-15(9-3-1)18-12-5-4-10-16(18)14-17-11-6-7-13-19-17/h1-5,8-10,12,14,19H,6-7,11,13H2. The van der Waals surface area contributed by atoms with Crippen LogP contribution in [0.2, 0.25) is 0 Å². The van der Waals surface area contributed by atoms with Crippen LogP contribution in [0.4, 0.5) is 0 Å². The summed E-state index contributed by atoms with van der Waals surface area (Å²) in [5.74, 6) is 0. The van der Waals surface area contributed by atoms with E-state index in [1.807, 2.05) is 0 Å². The van der Waals surface area contributed by atoms with Gasteiger partial charge in [0.15, 0.2) is 0 Å². The zero-order chi connectivity index (χ0) is 12.9. The number of rotatable bonds is 2. The molecule has 1 heterocycles. The van der Waals surface area contributed by atoms with Crippen LogP contribution in [0.25, 0.3) is 17.2 Å². The Kier molecular flexibility index (Phi) is 3.64. The molecule has 1 nitrogen and oxygen atoms in total. The van der Waals surface area contributed by atoms with Crippen LogP contribution < -0.4 is 5.32 Å². The van der Waals surface area contributed by atoms with Crippen LogP contribution in [0.5, 0.6) is 0 Å². The molecule has 1 aliphatic heterocycles. The Morgan fingerprint density at radius 2 is 1.63 bits per heavy atom. The fraction of sp³-hybridized carbons (Fsp3) is 0.222. The Morgan fingerprint density at radius 3 is 2.42 bits per heavy atom. The van der Waals surface area contributed by atoms with Crippen LogP contribution in [-0.2, 0) is 0 Å². The molecule has 0 spiro atoms. The molecule has 96 valence electrons. The largest absolute Gasteiger partial charge is 0.388 e. The van der Waals surface area contributed by atoms with E-state index in [1.54, 1.807) is 0 Å². The monoisotopic (exact) mass is 249 g/mol. The van der Waals surface area contributed by atoms with E-state index in [-0.39, 0.29) is 0 Å². The van der Waals surface area contributed by atoms with E-state index < -0.39 is 0 Å². The van der Waals surface area contributed by atoms with Crippen molar-refractivity contribution in [3.63, 3.8) is 0 Å². The molecule has 0 aromatic heterocycles. The van der Waals surface area contributed by atoms with Crippen LogP contribution in [-0.4, -0.2) is 6.54 Å². The van der Waals surface area contributed by atoms with E-state index in [0.29, 0.717) is 0 Å². The Hall–Kier alpha value is -2.02. The van der Waals surface area contributed by atoms with Crippen molar-refractivity contribution in [1.82, 2.24) is 5.32 Å². The average Bonchev–Trinajstić information content (AvgIpc) is 2.50. The fourth-order valence-corrected chi connectivity index (χ4v) is 2.59. The highest BCUT2D eigenvalue weighted by atomic mass is 14.9. The second kappa shape index (κ2) is 5.75. The molecule has 1 heteroatoms. The normalized spacial score (nSPS) is 17.2. The van der Waals surface area contributed by atoms with Gasteiger partial charge in [-0.2, -0.15) is 0 Å². The predicted octanol–water partition coefficient (Wildman–Crippen LogP) is 4.47. The van der Waals surface area contributed by atoms with Gasteiger partial charge in [0.1, 0.15) is 0 Å². The summed E-state index contributed by atoms with van der Waals surface area (Å²) in [5, 5.41) is 3.51. The fourth-order valence-electron chi connectivity index (χ4n) is 2.59. The summed E-state index contributed by atoms with van der Waals surface area (Å²) in [6, 6.07) is 19.2. The first-order valence-electron chi connectivity index (χ1n) is 7.02. The molecule has 1 aliphatic rings. The van der Waals surface area contributed by atoms with Gasteiger partial charge in [-0.25, -0.2) is 0 Å². The number of allylic oxidation sites excluding steroid dienone is 1. The molecule has 2 aromatic carbocycles. The van der Waals surface area contributed by atoms with Crippen LogP contribution in [0.3, 0.4) is 0 Å². The quantitative estimate of drug-likeness (QED) is 0.828. The molecule has 1 N–H and O–H groups in total. The molecule has 3 rings (SSSR count). The molecule has 2 aromatic rings. The van der Waals surface area contributed by atoms with Crippen molar-refractivity contribution in [3.8, 4) is 11.1 Å². The van der Waals surface area contributed by atoms with E-state index >= 15 is 0 Å². The maximum absolute atomic E-state index is 3.51. The Morgan fingerprint density at radius 1 is 0.842 bits per heavy atom. The first-order valence-corrected chi connectivity index (χ1v) is 7.02. The molecule has 0 atom stereocenters. The molecule has 0 radical (unpaired) electrons. The third-order valence-corrected chi connectivity index (χ3v) is 3.60. The number of hydrogen-bond donors (Lipinski definition) is 1. The summed E-state index contributed by atoms with van der Waals surface area (Å²) in [4.78, 5) is 0. The number of nitrogens with one attached hydrogen (secondary N) is 1. The second-order valence-electron chi connectivity index (χ2n) is 5.01. The van der Waals surface area contributed by atoms with Crippen molar-refractivity contribution in [3.05, 3.63) is 65.9 Å². The summed E-state index contributed by atoms with van der Waals surface area (Å²) in [6.07, 6.45) is 6.06. The topological polar surface area (TPSA) is 12.0 Å². The lowest BCUT2D eigenvalue weighted by Crippen LogP contribution is -2.19. The summed E-state index contributed by atoms with van der Waals surface area (Å²) >= 11 is 0. The lowest BCUT2D eigenvalue weighted by Gasteiger charge is -2.17. The molecule has 0 amide bonds. The number of hydrogen-bond acceptors (Lipinski definition) is 1. The SMILES string of the molecule is C(=C1CCCCN1)c1ccccc1-c1ccccc1. The van der Waals surface area contributed by atoms with Crippen LogP contribution in [0, 0.1) is 0 Å². The van der Waals surface area contributed by atoms with Crippen molar-refractivity contribution in [1.29, 1.82) is 0 Å². The van der Waals surface area contributed by atoms with Crippen molar-refractivity contribution >= 4 is 6.08 Å². The predicted molar refractivity (Wildman–Crippen MR) is 81.7 cm³/mol. The van der Waals surface area contributed by atoms with Crippen LogP contribution >= 0.6 is 0 Å². The molecular formula is C18H19N. The molecule has 0 saturated carbocycles. The first kappa shape index (κ1) is 12.0. The van der Waals surface area contributed by atoms with Gasteiger partial charge < -0.3 is 5.32 Å². The Labute approximate surface area is 115 Å². The Bertz CT molecular complexity index is 561. The van der Waals surface area contributed by atoms with E-state index in [2.05, 4.69) is 66.0 Å². The highest BCUT2D eigenvalue weighted by Crippen LogP contribution is 2.26. The van der Waals surface area contributed by atoms with E-state index in [9.17, 15) is 0 Å². The van der Waals surface area contributed by atoms with Gasteiger partial charge in [-0.15, -0.1) is 0 Å². The smallest absolute Gasteiger partial charge is 0.0144 e. The second-order valence-corrected chi connectivity index (χ2v) is 5.01. The van der Waals surface area contributed by atoms with Crippen molar-refractivity contribution in [2.24, 2.45) is 0 Å². The van der Waals surface area contributed by atoms with Gasteiger partial charge in [0, 0.05) is 12.2 Å². The lowest BCUT2D eigenvalue weighted by atomic mass is 9.98. The molecular weight excluding hydrogens is 230 g/mol. The van der Waals surface area contributed by atoms with Gasteiger partial charge in [-0.05, 0) is 42.0 Å². The van der Waals surface area contributed by atoms with Gasteiger partial charge in [0.2, 0.25) is 0 Å².